The first-order chi connectivity index (χ1) is 13.3. The molecule has 2 heterocycles. The lowest BCUT2D eigenvalue weighted by Gasteiger charge is -2.15. The second kappa shape index (κ2) is 8.22. The molecule has 3 aromatic rings. The molecule has 0 fully saturated rings. The predicted molar refractivity (Wildman–Crippen MR) is 114 cm³/mol. The average Bonchev–Trinajstić information content (AvgIpc) is 3.01. The molecule has 1 amide bonds. The van der Waals surface area contributed by atoms with Crippen LogP contribution in [-0.4, -0.2) is 26.2 Å². The van der Waals surface area contributed by atoms with Crippen molar-refractivity contribution in [3.8, 4) is 0 Å². The number of rotatable bonds is 6. The van der Waals surface area contributed by atoms with Crippen LogP contribution in [0.5, 0.6) is 0 Å². The van der Waals surface area contributed by atoms with Crippen molar-refractivity contribution in [1.29, 1.82) is 0 Å². The maximum Gasteiger partial charge on any atom is 0.278 e. The highest BCUT2D eigenvalue weighted by molar-refractivity contribution is 7.99. The Labute approximate surface area is 168 Å². The molecule has 0 unspecified atom stereocenters. The molecule has 6 nitrogen and oxygen atoms in total. The van der Waals surface area contributed by atoms with E-state index in [2.05, 4.69) is 41.3 Å². The highest BCUT2D eigenvalue weighted by Gasteiger charge is 2.16. The number of aromatic amines is 1. The predicted octanol–water partition coefficient (Wildman–Crippen LogP) is 3.64. The molecule has 2 N–H and O–H groups in total. The highest BCUT2D eigenvalue weighted by Crippen LogP contribution is 2.21. The molecular formula is C21H26N4O2S. The van der Waals surface area contributed by atoms with E-state index in [4.69, 9.17) is 0 Å². The largest absolute Gasteiger partial charge is 0.353 e. The van der Waals surface area contributed by atoms with Gasteiger partial charge in [0.05, 0.1) is 11.3 Å². The van der Waals surface area contributed by atoms with Gasteiger partial charge in [0.25, 0.3) is 5.56 Å². The molecule has 28 heavy (non-hydrogen) atoms. The summed E-state index contributed by atoms with van der Waals surface area (Å²) in [5.41, 5.74) is 5.45. The third-order valence-corrected chi connectivity index (χ3v) is 5.65. The van der Waals surface area contributed by atoms with Crippen molar-refractivity contribution in [3.63, 3.8) is 0 Å². The molecule has 7 heteroatoms. The van der Waals surface area contributed by atoms with Crippen LogP contribution in [0.25, 0.3) is 11.0 Å². The monoisotopic (exact) mass is 398 g/mol. The number of benzene rings is 1. The van der Waals surface area contributed by atoms with Crippen LogP contribution in [-0.2, 0) is 11.3 Å². The van der Waals surface area contributed by atoms with Gasteiger partial charge in [-0.15, -0.1) is 0 Å². The molecule has 0 aliphatic carbocycles. The van der Waals surface area contributed by atoms with E-state index in [1.807, 2.05) is 32.9 Å². The van der Waals surface area contributed by atoms with Crippen molar-refractivity contribution in [2.24, 2.45) is 0 Å². The van der Waals surface area contributed by atoms with Gasteiger partial charge in [-0.05, 0) is 57.4 Å². The number of thioether (sulfide) groups is 1. The van der Waals surface area contributed by atoms with E-state index in [0.717, 1.165) is 11.3 Å². The number of nitrogens with zero attached hydrogens (tertiary/aromatic N) is 2. The summed E-state index contributed by atoms with van der Waals surface area (Å²) in [5, 5.41) is 3.50. The first-order valence-corrected chi connectivity index (χ1v) is 10.3. The van der Waals surface area contributed by atoms with Gasteiger partial charge in [0.2, 0.25) is 5.91 Å². The van der Waals surface area contributed by atoms with Gasteiger partial charge in [-0.2, -0.15) is 0 Å². The van der Waals surface area contributed by atoms with Crippen molar-refractivity contribution in [2.75, 3.05) is 5.75 Å². The van der Waals surface area contributed by atoms with Crippen LogP contribution >= 0.6 is 11.8 Å². The zero-order chi connectivity index (χ0) is 20.4. The Balaban J connectivity index is 1.71. The molecule has 0 atom stereocenters. The summed E-state index contributed by atoms with van der Waals surface area (Å²) in [6.07, 6.45) is 0. The Morgan fingerprint density at radius 1 is 1.21 bits per heavy atom. The number of aryl methyl sites for hydroxylation is 3. The third-order valence-electron chi connectivity index (χ3n) is 4.70. The molecule has 0 bridgehead atoms. The number of H-pyrrole nitrogens is 1. The third kappa shape index (κ3) is 4.30. The fourth-order valence-electron chi connectivity index (χ4n) is 3.04. The first kappa shape index (κ1) is 20.2. The van der Waals surface area contributed by atoms with Crippen LogP contribution in [0.2, 0.25) is 0 Å². The molecule has 0 aliphatic rings. The van der Waals surface area contributed by atoms with E-state index in [-0.39, 0.29) is 23.3 Å². The number of nitrogens with one attached hydrogen (secondary N) is 2. The topological polar surface area (TPSA) is 79.8 Å². The molecule has 0 radical (unpaired) electrons. The summed E-state index contributed by atoms with van der Waals surface area (Å²) in [6.45, 7) is 10.4. The van der Waals surface area contributed by atoms with Crippen molar-refractivity contribution < 1.29 is 4.79 Å². The Kier molecular flexibility index (Phi) is 5.93. The van der Waals surface area contributed by atoms with Crippen molar-refractivity contribution in [2.45, 2.75) is 52.4 Å². The highest BCUT2D eigenvalue weighted by atomic mass is 32.2. The molecule has 1 aromatic carbocycles. The minimum absolute atomic E-state index is 0.0471. The average molecular weight is 399 g/mol. The molecule has 148 valence electrons. The second-order valence-corrected chi connectivity index (χ2v) is 8.30. The van der Waals surface area contributed by atoms with Crippen LogP contribution in [0, 0.1) is 20.8 Å². The number of fused-ring (bicyclic) bond motifs is 1. The minimum atomic E-state index is -0.105. The van der Waals surface area contributed by atoms with E-state index in [1.54, 1.807) is 4.57 Å². The lowest BCUT2D eigenvalue weighted by atomic mass is 10.1. The van der Waals surface area contributed by atoms with Gasteiger partial charge in [0.1, 0.15) is 5.52 Å². The Hall–Kier alpha value is -2.54. The van der Waals surface area contributed by atoms with Crippen molar-refractivity contribution >= 4 is 28.7 Å². The van der Waals surface area contributed by atoms with Crippen LogP contribution in [0.4, 0.5) is 0 Å². The Morgan fingerprint density at radius 3 is 2.64 bits per heavy atom. The van der Waals surface area contributed by atoms with Gasteiger partial charge in [-0.1, -0.05) is 30.0 Å². The van der Waals surface area contributed by atoms with Gasteiger partial charge >= 0.3 is 0 Å². The molecule has 0 saturated carbocycles. The zero-order valence-electron chi connectivity index (χ0n) is 16.9. The number of amides is 1. The van der Waals surface area contributed by atoms with Crippen molar-refractivity contribution in [1.82, 2.24) is 19.9 Å². The van der Waals surface area contributed by atoms with Gasteiger partial charge < -0.3 is 10.3 Å². The van der Waals surface area contributed by atoms with Crippen LogP contribution in [0.1, 0.15) is 42.3 Å². The number of aromatic nitrogens is 3. The SMILES string of the molecule is Cc1cc2nc(SCC(=O)NCc3ccc(C)c(C)c3)n(C(C)C)c(=O)c2[nH]1. The van der Waals surface area contributed by atoms with E-state index >= 15 is 0 Å². The smallest absolute Gasteiger partial charge is 0.278 e. The van der Waals surface area contributed by atoms with E-state index in [1.165, 1.54) is 22.9 Å². The number of carbonyl (C=O) groups excluding carboxylic acids is 1. The maximum atomic E-state index is 12.8. The standard InChI is InChI=1S/C21H26N4O2S/c1-12(2)25-20(27)19-17(9-15(5)23-19)24-21(25)28-11-18(26)22-10-16-7-6-13(3)14(4)8-16/h6-9,12,23H,10-11H2,1-5H3,(H,22,26). The summed E-state index contributed by atoms with van der Waals surface area (Å²) in [5.74, 6) is 0.122. The molecule has 3 rings (SSSR count). The van der Waals surface area contributed by atoms with E-state index < -0.39 is 0 Å². The summed E-state index contributed by atoms with van der Waals surface area (Å²) in [7, 11) is 0. The van der Waals surface area contributed by atoms with E-state index in [9.17, 15) is 9.59 Å². The summed E-state index contributed by atoms with van der Waals surface area (Å²) < 4.78 is 1.64. The quantitative estimate of drug-likeness (QED) is 0.491. The minimum Gasteiger partial charge on any atom is -0.353 e. The number of hydrogen-bond acceptors (Lipinski definition) is 4. The number of hydrogen-bond donors (Lipinski definition) is 2. The van der Waals surface area contributed by atoms with Gasteiger partial charge in [-0.25, -0.2) is 4.98 Å². The fraction of sp³-hybridized carbons (Fsp3) is 0.381. The normalized spacial score (nSPS) is 11.4. The summed E-state index contributed by atoms with van der Waals surface area (Å²) >= 11 is 1.29. The number of carbonyl (C=O) groups is 1. The molecular weight excluding hydrogens is 372 g/mol. The lowest BCUT2D eigenvalue weighted by molar-refractivity contribution is -0.118. The molecule has 2 aromatic heterocycles. The molecule has 0 saturated heterocycles. The van der Waals surface area contributed by atoms with E-state index in [0.29, 0.717) is 22.7 Å². The fourth-order valence-corrected chi connectivity index (χ4v) is 4.00. The van der Waals surface area contributed by atoms with Gasteiger partial charge in [0, 0.05) is 18.3 Å². The maximum absolute atomic E-state index is 12.8. The van der Waals surface area contributed by atoms with Crippen LogP contribution < -0.4 is 10.9 Å². The summed E-state index contributed by atoms with van der Waals surface area (Å²) in [4.78, 5) is 32.8. The zero-order valence-corrected chi connectivity index (χ0v) is 17.7. The van der Waals surface area contributed by atoms with Gasteiger partial charge in [-0.3, -0.25) is 14.2 Å². The first-order valence-electron chi connectivity index (χ1n) is 9.33. The van der Waals surface area contributed by atoms with Crippen LogP contribution in [0.15, 0.2) is 34.2 Å². The second-order valence-electron chi connectivity index (χ2n) is 7.36. The van der Waals surface area contributed by atoms with Crippen molar-refractivity contribution in [3.05, 3.63) is 57.0 Å². The lowest BCUT2D eigenvalue weighted by Crippen LogP contribution is -2.27. The molecule has 0 spiro atoms. The van der Waals surface area contributed by atoms with Crippen LogP contribution in [0.3, 0.4) is 0 Å². The van der Waals surface area contributed by atoms with Gasteiger partial charge in [0.15, 0.2) is 5.16 Å². The molecule has 0 aliphatic heterocycles. The Morgan fingerprint density at radius 2 is 1.96 bits per heavy atom. The Bertz CT molecular complexity index is 1080. The summed E-state index contributed by atoms with van der Waals surface area (Å²) in [6, 6.07) is 7.98.